The average Bonchev–Trinajstić information content (AvgIpc) is 2.88. The Bertz CT molecular complexity index is 579. The number of alkyl halides is 1. The molecule has 228 valence electrons. The molecule has 0 bridgehead atoms. The van der Waals surface area contributed by atoms with Gasteiger partial charge in [-0.05, 0) is 12.3 Å². The second-order valence-corrected chi connectivity index (χ2v) is 12.6. The summed E-state index contributed by atoms with van der Waals surface area (Å²) in [6.07, 6.45) is 19.2. The lowest BCUT2D eigenvalue weighted by Crippen LogP contribution is -2.29. The molecule has 0 rings (SSSR count). The van der Waals surface area contributed by atoms with Crippen molar-refractivity contribution in [1.82, 2.24) is 0 Å². The minimum Gasteiger partial charge on any atom is -0.434 e. The van der Waals surface area contributed by atoms with Crippen molar-refractivity contribution in [3.05, 3.63) is 0 Å². The Hall–Kier alpha value is -0.180. The van der Waals surface area contributed by atoms with Gasteiger partial charge in [0.15, 0.2) is 6.10 Å². The van der Waals surface area contributed by atoms with Gasteiger partial charge in [-0.1, -0.05) is 133 Å². The SMILES string of the molecule is CCCCCCCCCCCCCCCCCCOCC(COP(=O)(O)OCCBr)OC(=O)OCC(C)C. The van der Waals surface area contributed by atoms with Crippen LogP contribution in [0.1, 0.15) is 124 Å². The lowest BCUT2D eigenvalue weighted by molar-refractivity contribution is -0.0395. The van der Waals surface area contributed by atoms with Crippen molar-refractivity contribution in [2.45, 2.75) is 130 Å². The van der Waals surface area contributed by atoms with E-state index < -0.39 is 20.1 Å². The van der Waals surface area contributed by atoms with Crippen LogP contribution in [0, 0.1) is 5.92 Å². The van der Waals surface area contributed by atoms with Crippen molar-refractivity contribution < 1.29 is 37.5 Å². The second kappa shape index (κ2) is 27.0. The molecule has 0 heterocycles. The van der Waals surface area contributed by atoms with Gasteiger partial charge in [-0.3, -0.25) is 9.05 Å². The third-order valence-electron chi connectivity index (χ3n) is 6.00. The van der Waals surface area contributed by atoms with Crippen LogP contribution in [0.2, 0.25) is 0 Å². The molecule has 0 saturated heterocycles. The van der Waals surface area contributed by atoms with Crippen LogP contribution in [0.3, 0.4) is 0 Å². The summed E-state index contributed by atoms with van der Waals surface area (Å²) in [4.78, 5) is 21.6. The lowest BCUT2D eigenvalue weighted by Gasteiger charge is -2.19. The number of phosphoric acid groups is 1. The van der Waals surface area contributed by atoms with Gasteiger partial charge in [-0.2, -0.15) is 0 Å². The van der Waals surface area contributed by atoms with Gasteiger partial charge < -0.3 is 19.1 Å². The minimum absolute atomic E-state index is 0.0193. The van der Waals surface area contributed by atoms with Crippen LogP contribution in [0.15, 0.2) is 0 Å². The van der Waals surface area contributed by atoms with Crippen LogP contribution in [0.25, 0.3) is 0 Å². The number of ether oxygens (including phenoxy) is 3. The number of halogens is 1. The third kappa shape index (κ3) is 27.4. The van der Waals surface area contributed by atoms with Crippen LogP contribution in [-0.4, -0.2) is 55.5 Å². The highest BCUT2D eigenvalue weighted by molar-refractivity contribution is 9.09. The van der Waals surface area contributed by atoms with Crippen LogP contribution >= 0.6 is 23.8 Å². The van der Waals surface area contributed by atoms with Gasteiger partial charge in [0.05, 0.1) is 26.4 Å². The summed E-state index contributed by atoms with van der Waals surface area (Å²) < 4.78 is 37.6. The normalized spacial score (nSPS) is 13.9. The van der Waals surface area contributed by atoms with E-state index in [2.05, 4.69) is 22.9 Å². The third-order valence-corrected chi connectivity index (χ3v) is 7.31. The van der Waals surface area contributed by atoms with Crippen molar-refractivity contribution in [2.24, 2.45) is 5.92 Å². The average molecular weight is 632 g/mol. The largest absolute Gasteiger partial charge is 0.508 e. The molecule has 0 aliphatic heterocycles. The fraction of sp³-hybridized carbons (Fsp3) is 0.964. The maximum atomic E-state index is 11.9. The Labute approximate surface area is 241 Å². The van der Waals surface area contributed by atoms with E-state index in [9.17, 15) is 14.3 Å². The predicted octanol–water partition coefficient (Wildman–Crippen LogP) is 8.97. The summed E-state index contributed by atoms with van der Waals surface area (Å²) in [5.41, 5.74) is 0. The van der Waals surface area contributed by atoms with Gasteiger partial charge >= 0.3 is 14.0 Å². The molecule has 2 unspecified atom stereocenters. The summed E-state index contributed by atoms with van der Waals surface area (Å²) in [7, 11) is -4.23. The Morgan fingerprint density at radius 1 is 0.737 bits per heavy atom. The Balaban J connectivity index is 3.87. The molecule has 1 N–H and O–H groups in total. The van der Waals surface area contributed by atoms with Gasteiger partial charge in [0.1, 0.15) is 0 Å². The number of phosphoric ester groups is 1. The summed E-state index contributed by atoms with van der Waals surface area (Å²) in [6.45, 7) is 6.58. The zero-order valence-corrected chi connectivity index (χ0v) is 26.8. The van der Waals surface area contributed by atoms with Crippen molar-refractivity contribution in [2.75, 3.05) is 38.4 Å². The number of unbranched alkanes of at least 4 members (excludes halogenated alkanes) is 15. The number of carbonyl (C=O) groups excluding carboxylic acids is 1. The fourth-order valence-electron chi connectivity index (χ4n) is 3.85. The number of carbonyl (C=O) groups is 1. The van der Waals surface area contributed by atoms with Crippen molar-refractivity contribution in [3.8, 4) is 0 Å². The number of hydrogen-bond donors (Lipinski definition) is 1. The molecule has 0 aromatic carbocycles. The molecule has 8 nitrogen and oxygen atoms in total. The first kappa shape index (κ1) is 37.8. The molecule has 0 aromatic rings. The quantitative estimate of drug-likeness (QED) is 0.0395. The zero-order valence-electron chi connectivity index (χ0n) is 24.3. The van der Waals surface area contributed by atoms with Crippen LogP contribution in [0.4, 0.5) is 4.79 Å². The van der Waals surface area contributed by atoms with Gasteiger partial charge in [0.2, 0.25) is 0 Å². The highest BCUT2D eigenvalue weighted by atomic mass is 79.9. The molecule has 38 heavy (non-hydrogen) atoms. The minimum atomic E-state index is -4.23. The molecule has 10 heteroatoms. The molecule has 0 aliphatic carbocycles. The van der Waals surface area contributed by atoms with Gasteiger partial charge in [0, 0.05) is 11.9 Å². The summed E-state index contributed by atoms with van der Waals surface area (Å²) >= 11 is 3.12. The molecule has 0 saturated carbocycles. The van der Waals surface area contributed by atoms with E-state index in [1.807, 2.05) is 13.8 Å². The lowest BCUT2D eigenvalue weighted by atomic mass is 10.0. The first-order chi connectivity index (χ1) is 18.3. The molecule has 2 atom stereocenters. The second-order valence-electron chi connectivity index (χ2n) is 10.4. The topological polar surface area (TPSA) is 101 Å². The Morgan fingerprint density at radius 3 is 1.71 bits per heavy atom. The molecule has 0 fully saturated rings. The summed E-state index contributed by atoms with van der Waals surface area (Å²) in [5, 5.41) is 0.394. The van der Waals surface area contributed by atoms with E-state index in [0.29, 0.717) is 11.9 Å². The van der Waals surface area contributed by atoms with Crippen molar-refractivity contribution in [3.63, 3.8) is 0 Å². The predicted molar refractivity (Wildman–Crippen MR) is 157 cm³/mol. The first-order valence-electron chi connectivity index (χ1n) is 14.9. The molecule has 0 amide bonds. The number of rotatable bonds is 28. The summed E-state index contributed by atoms with van der Waals surface area (Å²) in [5.74, 6) is 0.165. The molecule has 0 aliphatic rings. The van der Waals surface area contributed by atoms with Gasteiger partial charge in [0.25, 0.3) is 0 Å². The van der Waals surface area contributed by atoms with E-state index in [1.54, 1.807) is 0 Å². The Kier molecular flexibility index (Phi) is 26.9. The molecule has 0 radical (unpaired) electrons. The van der Waals surface area contributed by atoms with E-state index in [4.69, 9.17) is 23.3 Å². The zero-order chi connectivity index (χ0) is 28.3. The molecule has 0 aromatic heterocycles. The highest BCUT2D eigenvalue weighted by Gasteiger charge is 2.25. The smallest absolute Gasteiger partial charge is 0.434 e. The van der Waals surface area contributed by atoms with Crippen molar-refractivity contribution in [1.29, 1.82) is 0 Å². The van der Waals surface area contributed by atoms with E-state index in [1.165, 1.54) is 89.9 Å². The van der Waals surface area contributed by atoms with Gasteiger partial charge in [-0.15, -0.1) is 0 Å². The van der Waals surface area contributed by atoms with Crippen LogP contribution in [-0.2, 0) is 27.8 Å². The van der Waals surface area contributed by atoms with Crippen LogP contribution < -0.4 is 0 Å². The number of hydrogen-bond acceptors (Lipinski definition) is 7. The van der Waals surface area contributed by atoms with E-state index >= 15 is 0 Å². The van der Waals surface area contributed by atoms with Crippen molar-refractivity contribution >= 4 is 29.9 Å². The van der Waals surface area contributed by atoms with Gasteiger partial charge in [-0.25, -0.2) is 9.36 Å². The van der Waals surface area contributed by atoms with E-state index in [-0.39, 0.29) is 32.3 Å². The van der Waals surface area contributed by atoms with Crippen LogP contribution in [0.5, 0.6) is 0 Å². The Morgan fingerprint density at radius 2 is 1.24 bits per heavy atom. The molecular formula is C28H56BrO8P. The fourth-order valence-corrected chi connectivity index (χ4v) is 5.02. The van der Waals surface area contributed by atoms with E-state index in [0.717, 1.165) is 12.8 Å². The summed E-state index contributed by atoms with van der Waals surface area (Å²) in [6, 6.07) is 0. The standard InChI is InChI=1S/C28H56BrO8P/c1-4-5-6-7-8-9-10-11-12-13-14-15-16-17-18-19-21-33-24-27(37-28(30)34-23-26(2)3)25-36-38(31,32)35-22-20-29/h26-27H,4-25H2,1-3H3,(H,31,32). The monoisotopic (exact) mass is 630 g/mol. The maximum Gasteiger partial charge on any atom is 0.508 e. The molecular weight excluding hydrogens is 575 g/mol. The highest BCUT2D eigenvalue weighted by Crippen LogP contribution is 2.43. The maximum absolute atomic E-state index is 11.9. The first-order valence-corrected chi connectivity index (χ1v) is 17.5. The molecule has 0 spiro atoms.